The minimum atomic E-state index is -3.39. The summed E-state index contributed by atoms with van der Waals surface area (Å²) in [5.74, 6) is 0. The largest absolute Gasteiger partial charge is 0.280 e. The van der Waals surface area contributed by atoms with Crippen molar-refractivity contribution in [1.82, 2.24) is 14.0 Å². The Balaban J connectivity index is 2.17. The average Bonchev–Trinajstić information content (AvgIpc) is 2.91. The van der Waals surface area contributed by atoms with Crippen molar-refractivity contribution in [2.75, 3.05) is 13.1 Å². The maximum Gasteiger partial charge on any atom is 0.280 e. The van der Waals surface area contributed by atoms with Crippen molar-refractivity contribution in [3.8, 4) is 0 Å². The van der Waals surface area contributed by atoms with Crippen molar-refractivity contribution in [2.24, 2.45) is 0 Å². The lowest BCUT2D eigenvalue weighted by atomic mass is 10.1. The molecule has 2 rings (SSSR count). The average molecular weight is 283 g/mol. The second-order valence-corrected chi connectivity index (χ2v) is 6.60. The van der Waals surface area contributed by atoms with Crippen LogP contribution in [0.2, 0.25) is 0 Å². The molecule has 0 amide bonds. The first-order chi connectivity index (χ1) is 9.04. The van der Waals surface area contributed by atoms with Crippen molar-refractivity contribution in [3.63, 3.8) is 0 Å². The van der Waals surface area contributed by atoms with E-state index in [1.54, 1.807) is 6.20 Å². The molecule has 5 nitrogen and oxygen atoms in total. The zero-order chi connectivity index (χ0) is 13.9. The maximum atomic E-state index is 12.3. The molecule has 0 radical (unpaired) electrons. The number of rotatable bonds is 5. The number of pyridine rings is 1. The molecule has 19 heavy (non-hydrogen) atoms. The Bertz CT molecular complexity index is 524. The van der Waals surface area contributed by atoms with E-state index in [4.69, 9.17) is 0 Å². The van der Waals surface area contributed by atoms with E-state index in [1.165, 1.54) is 4.31 Å². The lowest BCUT2D eigenvalue weighted by Crippen LogP contribution is -2.41. The van der Waals surface area contributed by atoms with Crippen molar-refractivity contribution >= 4 is 10.2 Å². The molecule has 6 heteroatoms. The summed E-state index contributed by atoms with van der Waals surface area (Å²) in [6.45, 7) is 5.15. The van der Waals surface area contributed by atoms with E-state index in [9.17, 15) is 8.42 Å². The summed E-state index contributed by atoms with van der Waals surface area (Å²) in [6, 6.07) is 3.56. The highest BCUT2D eigenvalue weighted by atomic mass is 32.2. The number of hydrogen-bond donors (Lipinski definition) is 1. The molecule has 106 valence electrons. The Hall–Kier alpha value is -0.980. The van der Waals surface area contributed by atoms with Gasteiger partial charge in [0, 0.05) is 19.3 Å². The summed E-state index contributed by atoms with van der Waals surface area (Å²) >= 11 is 0. The van der Waals surface area contributed by atoms with Crippen LogP contribution in [0.1, 0.15) is 43.5 Å². The minimum absolute atomic E-state index is 0.258. The van der Waals surface area contributed by atoms with Gasteiger partial charge in [-0.25, -0.2) is 0 Å². The Labute approximate surface area is 115 Å². The summed E-state index contributed by atoms with van der Waals surface area (Å²) in [6.07, 6.45) is 4.28. The third-order valence-electron chi connectivity index (χ3n) is 3.48. The molecular formula is C13H21N3O2S. The SMILES string of the molecule is CC[C@H](NS(=O)(=O)N1CCCC1)c1ncccc1C. The third kappa shape index (κ3) is 3.32. The van der Waals surface area contributed by atoms with Gasteiger partial charge in [0.05, 0.1) is 11.7 Å². The van der Waals surface area contributed by atoms with Gasteiger partial charge in [-0.3, -0.25) is 4.98 Å². The third-order valence-corrected chi connectivity index (χ3v) is 5.11. The van der Waals surface area contributed by atoms with Gasteiger partial charge in [-0.2, -0.15) is 17.4 Å². The molecule has 1 aromatic rings. The maximum absolute atomic E-state index is 12.3. The normalized spacial score (nSPS) is 18.6. The van der Waals surface area contributed by atoms with E-state index in [1.807, 2.05) is 26.0 Å². The first-order valence-electron chi connectivity index (χ1n) is 6.73. The lowest BCUT2D eigenvalue weighted by Gasteiger charge is -2.22. The molecule has 0 spiro atoms. The quantitative estimate of drug-likeness (QED) is 0.896. The fourth-order valence-electron chi connectivity index (χ4n) is 2.38. The lowest BCUT2D eigenvalue weighted by molar-refractivity contribution is 0.449. The summed E-state index contributed by atoms with van der Waals surface area (Å²) in [5, 5.41) is 0. The van der Waals surface area contributed by atoms with Gasteiger partial charge >= 0.3 is 0 Å². The van der Waals surface area contributed by atoms with Gasteiger partial charge in [0.15, 0.2) is 0 Å². The second-order valence-electron chi connectivity index (χ2n) is 4.90. The highest BCUT2D eigenvalue weighted by Gasteiger charge is 2.28. The van der Waals surface area contributed by atoms with E-state index >= 15 is 0 Å². The topological polar surface area (TPSA) is 62.3 Å². The van der Waals surface area contributed by atoms with Crippen LogP contribution < -0.4 is 4.72 Å². The molecule has 0 aromatic carbocycles. The van der Waals surface area contributed by atoms with Crippen LogP contribution in [-0.4, -0.2) is 30.8 Å². The molecule has 1 atom stereocenters. The zero-order valence-corrected chi connectivity index (χ0v) is 12.3. The van der Waals surface area contributed by atoms with E-state index in [0.29, 0.717) is 19.5 Å². The van der Waals surface area contributed by atoms with Crippen LogP contribution in [0.25, 0.3) is 0 Å². The van der Waals surface area contributed by atoms with Gasteiger partial charge in [-0.1, -0.05) is 13.0 Å². The van der Waals surface area contributed by atoms with Crippen LogP contribution in [-0.2, 0) is 10.2 Å². The van der Waals surface area contributed by atoms with Crippen molar-refractivity contribution < 1.29 is 8.42 Å². The van der Waals surface area contributed by atoms with Crippen LogP contribution >= 0.6 is 0 Å². The zero-order valence-electron chi connectivity index (χ0n) is 11.5. The summed E-state index contributed by atoms with van der Waals surface area (Å²) in [4.78, 5) is 4.31. The summed E-state index contributed by atoms with van der Waals surface area (Å²) < 4.78 is 28.8. The van der Waals surface area contributed by atoms with Crippen molar-refractivity contribution in [1.29, 1.82) is 0 Å². The van der Waals surface area contributed by atoms with Gasteiger partial charge in [0.25, 0.3) is 10.2 Å². The molecule has 1 saturated heterocycles. The standard InChI is InChI=1S/C13H21N3O2S/c1-3-12(13-11(2)7-6-8-14-13)15-19(17,18)16-9-4-5-10-16/h6-8,12,15H,3-5,9-10H2,1-2H3/t12-/m0/s1. The molecule has 2 heterocycles. The van der Waals surface area contributed by atoms with Gasteiger partial charge in [0.1, 0.15) is 0 Å². The Kier molecular flexibility index (Phi) is 4.54. The van der Waals surface area contributed by atoms with Gasteiger partial charge in [-0.15, -0.1) is 0 Å². The van der Waals surface area contributed by atoms with Crippen LogP contribution in [0.4, 0.5) is 0 Å². The number of hydrogen-bond acceptors (Lipinski definition) is 3. The number of aromatic nitrogens is 1. The Morgan fingerprint density at radius 1 is 1.42 bits per heavy atom. The van der Waals surface area contributed by atoms with Crippen molar-refractivity contribution in [2.45, 2.75) is 39.2 Å². The van der Waals surface area contributed by atoms with E-state index < -0.39 is 10.2 Å². The first-order valence-corrected chi connectivity index (χ1v) is 8.17. The summed E-state index contributed by atoms with van der Waals surface area (Å²) in [7, 11) is -3.39. The second kappa shape index (κ2) is 5.98. The first kappa shape index (κ1) is 14.4. The fraction of sp³-hybridized carbons (Fsp3) is 0.615. The van der Waals surface area contributed by atoms with Gasteiger partial charge in [-0.05, 0) is 37.8 Å². The van der Waals surface area contributed by atoms with Crippen molar-refractivity contribution in [3.05, 3.63) is 29.6 Å². The molecule has 0 bridgehead atoms. The van der Waals surface area contributed by atoms with Crippen LogP contribution in [0, 0.1) is 6.92 Å². The van der Waals surface area contributed by atoms with E-state index in [0.717, 1.165) is 24.1 Å². The fourth-order valence-corrected chi connectivity index (χ4v) is 3.90. The molecule has 1 N–H and O–H groups in total. The minimum Gasteiger partial charge on any atom is -0.259 e. The molecule has 1 aliphatic rings. The van der Waals surface area contributed by atoms with Gasteiger partial charge < -0.3 is 0 Å². The number of aryl methyl sites for hydroxylation is 1. The highest BCUT2D eigenvalue weighted by Crippen LogP contribution is 2.21. The summed E-state index contributed by atoms with van der Waals surface area (Å²) in [5.41, 5.74) is 1.83. The molecule has 0 saturated carbocycles. The van der Waals surface area contributed by atoms with E-state index in [2.05, 4.69) is 9.71 Å². The monoisotopic (exact) mass is 283 g/mol. The number of nitrogens with zero attached hydrogens (tertiary/aromatic N) is 2. The van der Waals surface area contributed by atoms with Gasteiger partial charge in [0.2, 0.25) is 0 Å². The number of nitrogens with one attached hydrogen (secondary N) is 1. The smallest absolute Gasteiger partial charge is 0.259 e. The highest BCUT2D eigenvalue weighted by molar-refractivity contribution is 7.87. The predicted molar refractivity (Wildman–Crippen MR) is 74.9 cm³/mol. The molecule has 0 unspecified atom stereocenters. The molecular weight excluding hydrogens is 262 g/mol. The van der Waals surface area contributed by atoms with Crippen LogP contribution in [0.3, 0.4) is 0 Å². The van der Waals surface area contributed by atoms with Crippen LogP contribution in [0.5, 0.6) is 0 Å². The Morgan fingerprint density at radius 3 is 2.68 bits per heavy atom. The molecule has 1 aliphatic heterocycles. The molecule has 1 aromatic heterocycles. The molecule has 0 aliphatic carbocycles. The van der Waals surface area contributed by atoms with E-state index in [-0.39, 0.29) is 6.04 Å². The Morgan fingerprint density at radius 2 is 2.11 bits per heavy atom. The molecule has 1 fully saturated rings. The predicted octanol–water partition coefficient (Wildman–Crippen LogP) is 1.77. The van der Waals surface area contributed by atoms with Crippen LogP contribution in [0.15, 0.2) is 18.3 Å².